The second kappa shape index (κ2) is 12.8. The summed E-state index contributed by atoms with van der Waals surface area (Å²) < 4.78 is 10.9. The van der Waals surface area contributed by atoms with Gasteiger partial charge >= 0.3 is 6.03 Å². The van der Waals surface area contributed by atoms with Crippen LogP contribution in [-0.4, -0.2) is 83.3 Å². The largest absolute Gasteiger partial charge is 0.454 e. The SMILES string of the molecule is CC(C)NC(=O)N[C@H](C(=O)N1C[C@@]2(CC(c3ccc4c(c3)OCO4)=NO2)C[C@H]1C(=O)NC(CC1CCC1)C(=O)C(N)=O)C(C)(C)C. The summed E-state index contributed by atoms with van der Waals surface area (Å²) in [6, 6.07) is 1.54. The number of nitrogens with one attached hydrogen (secondary N) is 3. The van der Waals surface area contributed by atoms with Crippen LogP contribution in [0.1, 0.15) is 78.7 Å². The first-order chi connectivity index (χ1) is 21.7. The summed E-state index contributed by atoms with van der Waals surface area (Å²) in [7, 11) is 0. The van der Waals surface area contributed by atoms with Gasteiger partial charge in [-0.3, -0.25) is 19.2 Å². The molecular formula is C32H44N6O8. The number of hydrogen-bond donors (Lipinski definition) is 4. The number of rotatable bonds is 10. The number of Topliss-reactive ketones (excluding diaryl/α,β-unsaturated/α-hetero) is 1. The first-order valence-electron chi connectivity index (χ1n) is 15.8. The van der Waals surface area contributed by atoms with E-state index < -0.39 is 58.7 Å². The lowest BCUT2D eigenvalue weighted by molar-refractivity contribution is -0.143. The number of likely N-dealkylation sites (tertiary alicyclic amines) is 1. The van der Waals surface area contributed by atoms with E-state index in [1.807, 2.05) is 26.8 Å². The Bertz CT molecular complexity index is 1430. The molecule has 0 bridgehead atoms. The number of hydrogen-bond acceptors (Lipinski definition) is 9. The number of carbonyl (C=O) groups is 5. The number of fused-ring (bicyclic) bond motifs is 1. The summed E-state index contributed by atoms with van der Waals surface area (Å²) in [5, 5.41) is 12.6. The fraction of sp³-hybridized carbons (Fsp3) is 0.625. The van der Waals surface area contributed by atoms with E-state index in [1.54, 1.807) is 26.0 Å². The lowest BCUT2D eigenvalue weighted by Crippen LogP contribution is -2.60. The summed E-state index contributed by atoms with van der Waals surface area (Å²) in [6.07, 6.45) is 3.43. The molecule has 250 valence electrons. The molecule has 5 rings (SSSR count). The Morgan fingerprint density at radius 2 is 1.78 bits per heavy atom. The van der Waals surface area contributed by atoms with Crippen LogP contribution in [0.5, 0.6) is 11.5 Å². The van der Waals surface area contributed by atoms with Crippen LogP contribution in [0.15, 0.2) is 23.4 Å². The maximum absolute atomic E-state index is 14.3. The molecule has 1 aromatic carbocycles. The van der Waals surface area contributed by atoms with Crippen LogP contribution in [-0.2, 0) is 24.0 Å². The molecule has 4 atom stereocenters. The average molecular weight is 641 g/mol. The number of nitrogens with two attached hydrogens (primary N) is 1. The molecule has 14 nitrogen and oxygen atoms in total. The molecule has 5 amide bonds. The van der Waals surface area contributed by atoms with E-state index in [4.69, 9.17) is 20.0 Å². The minimum Gasteiger partial charge on any atom is -0.454 e. The van der Waals surface area contributed by atoms with Gasteiger partial charge < -0.3 is 40.9 Å². The van der Waals surface area contributed by atoms with Crippen molar-refractivity contribution in [3.05, 3.63) is 23.8 Å². The number of primary amides is 1. The van der Waals surface area contributed by atoms with Gasteiger partial charge in [0.2, 0.25) is 24.4 Å². The molecule has 46 heavy (non-hydrogen) atoms. The van der Waals surface area contributed by atoms with Gasteiger partial charge in [-0.05, 0) is 49.8 Å². The third-order valence-electron chi connectivity index (χ3n) is 9.01. The maximum Gasteiger partial charge on any atom is 0.315 e. The molecule has 2 fully saturated rings. The van der Waals surface area contributed by atoms with E-state index >= 15 is 0 Å². The Labute approximate surface area is 268 Å². The molecule has 3 aliphatic heterocycles. The molecule has 1 aliphatic carbocycles. The van der Waals surface area contributed by atoms with Crippen LogP contribution in [0.3, 0.4) is 0 Å². The molecule has 5 N–H and O–H groups in total. The molecule has 0 aromatic heterocycles. The summed E-state index contributed by atoms with van der Waals surface area (Å²) in [5.41, 5.74) is 4.92. The van der Waals surface area contributed by atoms with Crippen molar-refractivity contribution in [2.24, 2.45) is 22.2 Å². The zero-order chi connectivity index (χ0) is 33.4. The number of oxime groups is 1. The topological polar surface area (TPSA) is 191 Å². The summed E-state index contributed by atoms with van der Waals surface area (Å²) in [5.74, 6) is -1.71. The predicted molar refractivity (Wildman–Crippen MR) is 166 cm³/mol. The zero-order valence-electron chi connectivity index (χ0n) is 27.0. The van der Waals surface area contributed by atoms with E-state index in [2.05, 4.69) is 21.1 Å². The number of amides is 5. The normalized spacial score (nSPS) is 23.3. The fourth-order valence-electron chi connectivity index (χ4n) is 6.34. The Kier molecular flexibility index (Phi) is 9.19. The van der Waals surface area contributed by atoms with Gasteiger partial charge in [0.25, 0.3) is 5.91 Å². The minimum absolute atomic E-state index is 0.00140. The number of benzene rings is 1. The van der Waals surface area contributed by atoms with Gasteiger partial charge in [-0.15, -0.1) is 0 Å². The Morgan fingerprint density at radius 3 is 2.41 bits per heavy atom. The third-order valence-corrected chi connectivity index (χ3v) is 9.01. The molecule has 1 spiro atoms. The van der Waals surface area contributed by atoms with Gasteiger partial charge in [0.15, 0.2) is 17.1 Å². The molecule has 14 heteroatoms. The van der Waals surface area contributed by atoms with E-state index in [0.717, 1.165) is 24.8 Å². The highest BCUT2D eigenvalue weighted by Gasteiger charge is 2.56. The Morgan fingerprint density at radius 1 is 1.07 bits per heavy atom. The maximum atomic E-state index is 14.3. The highest BCUT2D eigenvalue weighted by Crippen LogP contribution is 2.41. The van der Waals surface area contributed by atoms with Crippen LogP contribution >= 0.6 is 0 Å². The van der Waals surface area contributed by atoms with Crippen molar-refractivity contribution in [2.45, 2.75) is 103 Å². The van der Waals surface area contributed by atoms with Crippen molar-refractivity contribution in [3.8, 4) is 11.5 Å². The van der Waals surface area contributed by atoms with Crippen LogP contribution < -0.4 is 31.2 Å². The standard InChI is InChI=1S/C32H44N6O8/c1-17(2)34-30(43)36-26(31(3,4)5)29(42)38-15-32(13-21(37-46-32)19-9-10-23-24(12-19)45-16-44-23)14-22(38)28(41)35-20(25(39)27(33)40)11-18-7-6-8-18/h9-10,12,17-18,20,22,26H,6-8,11,13-16H2,1-5H3,(H2,33,40)(H,35,41)(H2,34,36,43)/t20?,22-,26+,32+/m0/s1. The summed E-state index contributed by atoms with van der Waals surface area (Å²) in [6.45, 7) is 9.19. The minimum atomic E-state index is -1.13. The second-order valence-electron chi connectivity index (χ2n) is 14.1. The first-order valence-corrected chi connectivity index (χ1v) is 15.8. The molecule has 3 heterocycles. The highest BCUT2D eigenvalue weighted by molar-refractivity contribution is 6.37. The zero-order valence-corrected chi connectivity index (χ0v) is 27.0. The predicted octanol–water partition coefficient (Wildman–Crippen LogP) is 1.73. The monoisotopic (exact) mass is 640 g/mol. The van der Waals surface area contributed by atoms with Crippen LogP contribution in [0.4, 0.5) is 4.79 Å². The van der Waals surface area contributed by atoms with Gasteiger partial charge in [0.05, 0.1) is 18.3 Å². The quantitative estimate of drug-likeness (QED) is 0.278. The van der Waals surface area contributed by atoms with Gasteiger partial charge in [0, 0.05) is 24.4 Å². The number of nitrogens with zero attached hydrogens (tertiary/aromatic N) is 2. The fourth-order valence-corrected chi connectivity index (χ4v) is 6.34. The van der Waals surface area contributed by atoms with Crippen molar-refractivity contribution in [1.29, 1.82) is 0 Å². The van der Waals surface area contributed by atoms with E-state index in [-0.39, 0.29) is 44.6 Å². The highest BCUT2D eigenvalue weighted by atomic mass is 16.7. The van der Waals surface area contributed by atoms with Crippen molar-refractivity contribution in [1.82, 2.24) is 20.9 Å². The smallest absolute Gasteiger partial charge is 0.315 e. The lowest BCUT2D eigenvalue weighted by atomic mass is 9.80. The molecule has 0 radical (unpaired) electrons. The molecular weight excluding hydrogens is 596 g/mol. The first kappa shape index (κ1) is 33.0. The van der Waals surface area contributed by atoms with Crippen molar-refractivity contribution in [2.75, 3.05) is 13.3 Å². The molecule has 1 aromatic rings. The van der Waals surface area contributed by atoms with Crippen molar-refractivity contribution >= 4 is 35.2 Å². The molecule has 1 unspecified atom stereocenters. The van der Waals surface area contributed by atoms with Crippen LogP contribution in [0, 0.1) is 11.3 Å². The third kappa shape index (κ3) is 7.05. The number of carbonyl (C=O) groups excluding carboxylic acids is 5. The van der Waals surface area contributed by atoms with Gasteiger partial charge in [-0.25, -0.2) is 4.79 Å². The summed E-state index contributed by atoms with van der Waals surface area (Å²) >= 11 is 0. The van der Waals surface area contributed by atoms with Crippen LogP contribution in [0.25, 0.3) is 0 Å². The van der Waals surface area contributed by atoms with Gasteiger partial charge in [-0.1, -0.05) is 45.2 Å². The lowest BCUT2D eigenvalue weighted by Gasteiger charge is -2.36. The molecule has 1 saturated carbocycles. The van der Waals surface area contributed by atoms with Gasteiger partial charge in [-0.2, -0.15) is 0 Å². The van der Waals surface area contributed by atoms with Crippen molar-refractivity contribution in [3.63, 3.8) is 0 Å². The number of ether oxygens (including phenoxy) is 2. The average Bonchev–Trinajstić information content (AvgIpc) is 3.69. The van der Waals surface area contributed by atoms with Gasteiger partial charge in [0.1, 0.15) is 12.1 Å². The van der Waals surface area contributed by atoms with Crippen molar-refractivity contribution < 1.29 is 38.3 Å². The second-order valence-corrected chi connectivity index (χ2v) is 14.1. The molecule has 4 aliphatic rings. The summed E-state index contributed by atoms with van der Waals surface area (Å²) in [4.78, 5) is 73.2. The van der Waals surface area contributed by atoms with E-state index in [1.165, 1.54) is 4.90 Å². The number of ketones is 1. The Hall–Kier alpha value is -4.36. The number of urea groups is 1. The Balaban J connectivity index is 1.41. The molecule has 1 saturated heterocycles. The van der Waals surface area contributed by atoms with Crippen LogP contribution in [0.2, 0.25) is 0 Å². The van der Waals surface area contributed by atoms with E-state index in [9.17, 15) is 24.0 Å². The van der Waals surface area contributed by atoms with E-state index in [0.29, 0.717) is 17.2 Å².